The highest BCUT2D eigenvalue weighted by Crippen LogP contribution is 2.21. The van der Waals surface area contributed by atoms with E-state index in [2.05, 4.69) is 46.9 Å². The number of para-hydroxylation sites is 1. The average molecular weight is 256 g/mol. The summed E-state index contributed by atoms with van der Waals surface area (Å²) >= 11 is 0. The first-order chi connectivity index (χ1) is 9.36. The number of nitrogens with one attached hydrogen (secondary N) is 1. The fourth-order valence-electron chi connectivity index (χ4n) is 2.59. The molecule has 0 aliphatic heterocycles. The molecule has 0 radical (unpaired) electrons. The van der Waals surface area contributed by atoms with Gasteiger partial charge in [-0.25, -0.2) is 0 Å². The van der Waals surface area contributed by atoms with Gasteiger partial charge in [0, 0.05) is 30.2 Å². The number of rotatable bonds is 8. The van der Waals surface area contributed by atoms with E-state index >= 15 is 0 Å². The number of nitrogens with zero attached hydrogens (tertiary/aromatic N) is 1. The number of hydrogen-bond donors (Lipinski definition) is 1. The Morgan fingerprint density at radius 1 is 1.21 bits per heavy atom. The van der Waals surface area contributed by atoms with Crippen LogP contribution in [0.4, 0.5) is 0 Å². The Kier molecular flexibility index (Phi) is 5.22. The number of fused-ring (bicyclic) bond motifs is 1. The van der Waals surface area contributed by atoms with Crippen LogP contribution < -0.4 is 5.32 Å². The van der Waals surface area contributed by atoms with E-state index in [9.17, 15) is 0 Å². The second kappa shape index (κ2) is 7.15. The second-order valence-electron chi connectivity index (χ2n) is 5.03. The summed E-state index contributed by atoms with van der Waals surface area (Å²) < 4.78 is 2.40. The van der Waals surface area contributed by atoms with E-state index in [1.807, 2.05) is 13.1 Å². The molecule has 0 aliphatic rings. The number of hydrogen-bond acceptors (Lipinski definition) is 1. The number of allylic oxidation sites excluding steroid dienone is 1. The van der Waals surface area contributed by atoms with Crippen LogP contribution in [0.25, 0.3) is 10.9 Å². The van der Waals surface area contributed by atoms with E-state index in [0.717, 1.165) is 19.5 Å². The van der Waals surface area contributed by atoms with Crippen LogP contribution in [0.2, 0.25) is 0 Å². The fraction of sp³-hybridized carbons (Fsp3) is 0.412. The first-order valence-electron chi connectivity index (χ1n) is 7.19. The van der Waals surface area contributed by atoms with E-state index in [-0.39, 0.29) is 0 Å². The average Bonchev–Trinajstić information content (AvgIpc) is 2.78. The molecule has 1 aromatic heterocycles. The first kappa shape index (κ1) is 13.9. The summed E-state index contributed by atoms with van der Waals surface area (Å²) in [5.74, 6) is 0. The molecule has 19 heavy (non-hydrogen) atoms. The van der Waals surface area contributed by atoms with Crippen molar-refractivity contribution in [2.75, 3.05) is 7.05 Å². The molecule has 0 saturated carbocycles. The van der Waals surface area contributed by atoms with Crippen LogP contribution >= 0.6 is 0 Å². The van der Waals surface area contributed by atoms with Gasteiger partial charge in [0.25, 0.3) is 0 Å². The molecule has 0 saturated heterocycles. The SMILES string of the molecule is C=CCCCCCn1cc(CNC)c2ccccc21. The first-order valence-corrected chi connectivity index (χ1v) is 7.19. The number of aromatic nitrogens is 1. The number of aryl methyl sites for hydroxylation is 1. The van der Waals surface area contributed by atoms with Crippen molar-refractivity contribution >= 4 is 10.9 Å². The van der Waals surface area contributed by atoms with Crippen LogP contribution in [-0.2, 0) is 13.1 Å². The molecule has 2 heteroatoms. The van der Waals surface area contributed by atoms with Crippen LogP contribution in [0.3, 0.4) is 0 Å². The Labute approximate surface area is 116 Å². The molecule has 2 rings (SSSR count). The normalized spacial score (nSPS) is 11.0. The Balaban J connectivity index is 2.07. The maximum Gasteiger partial charge on any atom is 0.0483 e. The predicted molar refractivity (Wildman–Crippen MR) is 83.4 cm³/mol. The van der Waals surface area contributed by atoms with Gasteiger partial charge < -0.3 is 9.88 Å². The van der Waals surface area contributed by atoms with Gasteiger partial charge in [0.2, 0.25) is 0 Å². The van der Waals surface area contributed by atoms with Crippen molar-refractivity contribution in [1.82, 2.24) is 9.88 Å². The maximum atomic E-state index is 3.77. The van der Waals surface area contributed by atoms with E-state index in [4.69, 9.17) is 0 Å². The third-order valence-corrected chi connectivity index (χ3v) is 3.55. The van der Waals surface area contributed by atoms with Gasteiger partial charge in [0.1, 0.15) is 0 Å². The maximum absolute atomic E-state index is 3.77. The highest BCUT2D eigenvalue weighted by molar-refractivity contribution is 5.83. The van der Waals surface area contributed by atoms with E-state index < -0.39 is 0 Å². The molecule has 2 nitrogen and oxygen atoms in total. The monoisotopic (exact) mass is 256 g/mol. The molecule has 0 unspecified atom stereocenters. The molecule has 2 aromatic rings. The lowest BCUT2D eigenvalue weighted by Gasteiger charge is -2.04. The van der Waals surface area contributed by atoms with Gasteiger partial charge in [-0.1, -0.05) is 30.7 Å². The van der Waals surface area contributed by atoms with Crippen molar-refractivity contribution < 1.29 is 0 Å². The number of benzene rings is 1. The van der Waals surface area contributed by atoms with Crippen molar-refractivity contribution in [3.8, 4) is 0 Å². The van der Waals surface area contributed by atoms with Crippen molar-refractivity contribution in [2.24, 2.45) is 0 Å². The lowest BCUT2D eigenvalue weighted by molar-refractivity contribution is 0.601. The zero-order valence-corrected chi connectivity index (χ0v) is 11.9. The Morgan fingerprint density at radius 3 is 2.84 bits per heavy atom. The molecule has 102 valence electrons. The van der Waals surface area contributed by atoms with E-state index in [1.165, 1.54) is 35.7 Å². The lowest BCUT2D eigenvalue weighted by atomic mass is 10.2. The minimum Gasteiger partial charge on any atom is -0.347 e. The van der Waals surface area contributed by atoms with Gasteiger partial charge in [0.05, 0.1) is 0 Å². The molecule has 0 aliphatic carbocycles. The topological polar surface area (TPSA) is 17.0 Å². The largest absolute Gasteiger partial charge is 0.347 e. The van der Waals surface area contributed by atoms with Crippen LogP contribution in [0.5, 0.6) is 0 Å². The summed E-state index contributed by atoms with van der Waals surface area (Å²) in [6, 6.07) is 8.68. The molecule has 0 fully saturated rings. The number of unbranched alkanes of at least 4 members (excludes halogenated alkanes) is 3. The van der Waals surface area contributed by atoms with Crippen LogP contribution in [0, 0.1) is 0 Å². The van der Waals surface area contributed by atoms with Gasteiger partial charge in [-0.15, -0.1) is 6.58 Å². The summed E-state index contributed by atoms with van der Waals surface area (Å²) in [5.41, 5.74) is 2.75. The Hall–Kier alpha value is -1.54. The van der Waals surface area contributed by atoms with Crippen molar-refractivity contribution in [1.29, 1.82) is 0 Å². The Bertz CT molecular complexity index is 525. The molecule has 0 spiro atoms. The summed E-state index contributed by atoms with van der Waals surface area (Å²) in [6.07, 6.45) is 9.22. The zero-order chi connectivity index (χ0) is 13.5. The molecule has 1 aromatic carbocycles. The third-order valence-electron chi connectivity index (χ3n) is 3.55. The minimum absolute atomic E-state index is 0.935. The van der Waals surface area contributed by atoms with Crippen molar-refractivity contribution in [2.45, 2.75) is 38.8 Å². The van der Waals surface area contributed by atoms with Gasteiger partial charge in [-0.3, -0.25) is 0 Å². The van der Waals surface area contributed by atoms with E-state index in [0.29, 0.717) is 0 Å². The smallest absolute Gasteiger partial charge is 0.0483 e. The summed E-state index contributed by atoms with van der Waals surface area (Å²) in [7, 11) is 2.00. The predicted octanol–water partition coefficient (Wildman–Crippen LogP) is 4.11. The molecule has 1 N–H and O–H groups in total. The van der Waals surface area contributed by atoms with Crippen LogP contribution in [-0.4, -0.2) is 11.6 Å². The molecule has 0 amide bonds. The lowest BCUT2D eigenvalue weighted by Crippen LogP contribution is -2.04. The zero-order valence-electron chi connectivity index (χ0n) is 11.9. The molecular formula is C17H24N2. The highest BCUT2D eigenvalue weighted by Gasteiger charge is 2.06. The van der Waals surface area contributed by atoms with Crippen LogP contribution in [0.15, 0.2) is 43.1 Å². The molecule has 1 heterocycles. The second-order valence-corrected chi connectivity index (χ2v) is 5.03. The van der Waals surface area contributed by atoms with E-state index in [1.54, 1.807) is 0 Å². The van der Waals surface area contributed by atoms with Crippen molar-refractivity contribution in [3.63, 3.8) is 0 Å². The molecular weight excluding hydrogens is 232 g/mol. The van der Waals surface area contributed by atoms with Gasteiger partial charge in [-0.05, 0) is 37.9 Å². The summed E-state index contributed by atoms with van der Waals surface area (Å²) in [5, 5.41) is 4.63. The Morgan fingerprint density at radius 2 is 2.05 bits per heavy atom. The standard InChI is InChI=1S/C17H24N2/c1-3-4-5-6-9-12-19-14-15(13-18-2)16-10-7-8-11-17(16)19/h3,7-8,10-11,14,18H,1,4-6,9,12-13H2,2H3. The van der Waals surface area contributed by atoms with Crippen LogP contribution in [0.1, 0.15) is 31.2 Å². The fourth-order valence-corrected chi connectivity index (χ4v) is 2.59. The quantitative estimate of drug-likeness (QED) is 0.555. The van der Waals surface area contributed by atoms with Gasteiger partial charge in [0.15, 0.2) is 0 Å². The van der Waals surface area contributed by atoms with Gasteiger partial charge in [-0.2, -0.15) is 0 Å². The third kappa shape index (κ3) is 3.48. The van der Waals surface area contributed by atoms with Crippen molar-refractivity contribution in [3.05, 3.63) is 48.7 Å². The summed E-state index contributed by atoms with van der Waals surface area (Å²) in [4.78, 5) is 0. The van der Waals surface area contributed by atoms with Gasteiger partial charge >= 0.3 is 0 Å². The molecule has 0 atom stereocenters. The minimum atomic E-state index is 0.935. The highest BCUT2D eigenvalue weighted by atomic mass is 15.0. The molecule has 0 bridgehead atoms. The summed E-state index contributed by atoms with van der Waals surface area (Å²) in [6.45, 7) is 5.82.